The first kappa shape index (κ1) is 22.4. The lowest BCUT2D eigenvalue weighted by molar-refractivity contribution is 0.669. The molecule has 0 N–H and O–H groups in total. The number of furan rings is 1. The van der Waals surface area contributed by atoms with Crippen LogP contribution in [0.1, 0.15) is 18.4 Å². The molecule has 6 aromatic rings. The summed E-state index contributed by atoms with van der Waals surface area (Å²) in [6, 6.07) is 42.9. The number of rotatable bonds is 5. The van der Waals surface area contributed by atoms with Gasteiger partial charge in [-0.1, -0.05) is 91.0 Å². The van der Waals surface area contributed by atoms with Crippen LogP contribution in [0.15, 0.2) is 144 Å². The Bertz CT molecular complexity index is 1790. The predicted molar refractivity (Wildman–Crippen MR) is 160 cm³/mol. The zero-order valence-corrected chi connectivity index (χ0v) is 21.0. The molecule has 0 saturated heterocycles. The van der Waals surface area contributed by atoms with E-state index >= 15 is 0 Å². The first-order valence-corrected chi connectivity index (χ1v) is 13.2. The number of para-hydroxylation sites is 1. The number of fused-ring (bicyclic) bond motifs is 3. The maximum absolute atomic E-state index is 6.25. The van der Waals surface area contributed by atoms with Crippen molar-refractivity contribution in [2.75, 3.05) is 4.90 Å². The smallest absolute Gasteiger partial charge is 0.137 e. The van der Waals surface area contributed by atoms with Crippen molar-refractivity contribution in [1.82, 2.24) is 0 Å². The topological polar surface area (TPSA) is 16.4 Å². The zero-order valence-electron chi connectivity index (χ0n) is 21.0. The van der Waals surface area contributed by atoms with E-state index in [1.54, 1.807) is 0 Å². The minimum Gasteiger partial charge on any atom is -0.456 e. The van der Waals surface area contributed by atoms with Crippen LogP contribution >= 0.6 is 0 Å². The Hall–Kier alpha value is -4.82. The Labute approximate surface area is 222 Å². The van der Waals surface area contributed by atoms with E-state index in [1.165, 1.54) is 22.3 Å². The molecular weight excluding hydrogens is 462 g/mol. The molecule has 1 heterocycles. The molecule has 0 radical (unpaired) electrons. The Morgan fingerprint density at radius 1 is 0.500 bits per heavy atom. The minimum atomic E-state index is 0.892. The third-order valence-electron chi connectivity index (χ3n) is 7.31. The van der Waals surface area contributed by atoms with Crippen molar-refractivity contribution in [1.29, 1.82) is 0 Å². The van der Waals surface area contributed by atoms with Crippen molar-refractivity contribution in [2.24, 2.45) is 0 Å². The zero-order chi connectivity index (χ0) is 25.3. The highest BCUT2D eigenvalue weighted by atomic mass is 16.3. The summed E-state index contributed by atoms with van der Waals surface area (Å²) in [6.07, 6.45) is 9.04. The molecule has 1 aliphatic rings. The van der Waals surface area contributed by atoms with Gasteiger partial charge in [-0.25, -0.2) is 0 Å². The lowest BCUT2D eigenvalue weighted by Crippen LogP contribution is -2.09. The molecule has 0 unspecified atom stereocenters. The van der Waals surface area contributed by atoms with Gasteiger partial charge in [-0.3, -0.25) is 0 Å². The summed E-state index contributed by atoms with van der Waals surface area (Å²) in [5, 5.41) is 2.28. The van der Waals surface area contributed by atoms with Gasteiger partial charge in [-0.2, -0.15) is 0 Å². The monoisotopic (exact) mass is 489 g/mol. The van der Waals surface area contributed by atoms with E-state index < -0.39 is 0 Å². The molecule has 0 amide bonds. The molecule has 0 aliphatic heterocycles. The van der Waals surface area contributed by atoms with E-state index in [-0.39, 0.29) is 0 Å². The van der Waals surface area contributed by atoms with Crippen molar-refractivity contribution in [2.45, 2.75) is 12.8 Å². The fourth-order valence-corrected chi connectivity index (χ4v) is 5.36. The van der Waals surface area contributed by atoms with E-state index in [9.17, 15) is 0 Å². The minimum absolute atomic E-state index is 0.892. The first-order chi connectivity index (χ1) is 18.8. The Morgan fingerprint density at radius 2 is 1.13 bits per heavy atom. The average Bonchev–Trinajstić information content (AvgIpc) is 3.37. The van der Waals surface area contributed by atoms with Gasteiger partial charge in [0, 0.05) is 33.9 Å². The van der Waals surface area contributed by atoms with Crippen molar-refractivity contribution >= 4 is 44.6 Å². The van der Waals surface area contributed by atoms with Crippen molar-refractivity contribution in [3.05, 3.63) is 145 Å². The van der Waals surface area contributed by atoms with Gasteiger partial charge in [0.05, 0.1) is 0 Å². The highest BCUT2D eigenvalue weighted by Gasteiger charge is 2.16. The molecule has 0 fully saturated rings. The quantitative estimate of drug-likeness (QED) is 0.239. The maximum atomic E-state index is 6.25. The standard InChI is InChI=1S/C36H27NO/c1-3-9-26(10-4-1)28-15-19-30(20-16-28)37(31-21-17-29(18-22-31)27-11-5-2-6-12-27)32-23-24-34-33-13-7-8-14-35(33)38-36(34)25-32/h1,3-5,7-25H,2,6H2. The van der Waals surface area contributed by atoms with E-state index in [2.05, 4.69) is 132 Å². The van der Waals surface area contributed by atoms with Gasteiger partial charge in [0.15, 0.2) is 0 Å². The molecule has 2 nitrogen and oxygen atoms in total. The molecular formula is C36H27NO. The number of anilines is 3. The second-order valence-electron chi connectivity index (χ2n) is 9.71. The lowest BCUT2D eigenvalue weighted by Gasteiger charge is -2.26. The predicted octanol–water partition coefficient (Wildman–Crippen LogP) is 10.5. The number of hydrogen-bond acceptors (Lipinski definition) is 2. The number of nitrogens with zero attached hydrogens (tertiary/aromatic N) is 1. The lowest BCUT2D eigenvalue weighted by atomic mass is 9.99. The summed E-state index contributed by atoms with van der Waals surface area (Å²) in [7, 11) is 0. The maximum Gasteiger partial charge on any atom is 0.137 e. The molecule has 1 aromatic heterocycles. The molecule has 7 rings (SSSR count). The Morgan fingerprint density at radius 3 is 1.87 bits per heavy atom. The van der Waals surface area contributed by atoms with Gasteiger partial charge >= 0.3 is 0 Å². The van der Waals surface area contributed by atoms with Crippen LogP contribution < -0.4 is 4.90 Å². The van der Waals surface area contributed by atoms with Crippen LogP contribution in [-0.2, 0) is 0 Å². The van der Waals surface area contributed by atoms with E-state index in [0.717, 1.165) is 51.8 Å². The fourth-order valence-electron chi connectivity index (χ4n) is 5.36. The number of benzene rings is 5. The van der Waals surface area contributed by atoms with Crippen LogP contribution in [0.3, 0.4) is 0 Å². The average molecular weight is 490 g/mol. The summed E-state index contributed by atoms with van der Waals surface area (Å²) in [6.45, 7) is 0. The van der Waals surface area contributed by atoms with Crippen LogP contribution in [0.25, 0.3) is 38.6 Å². The summed E-state index contributed by atoms with van der Waals surface area (Å²) in [5.74, 6) is 0. The normalized spacial score (nSPS) is 13.1. The highest BCUT2D eigenvalue weighted by Crippen LogP contribution is 2.39. The summed E-state index contributed by atoms with van der Waals surface area (Å²) >= 11 is 0. The van der Waals surface area contributed by atoms with Crippen LogP contribution in [0.4, 0.5) is 17.1 Å². The van der Waals surface area contributed by atoms with Crippen LogP contribution in [0.5, 0.6) is 0 Å². The molecule has 182 valence electrons. The number of allylic oxidation sites excluding steroid dienone is 4. The summed E-state index contributed by atoms with van der Waals surface area (Å²) < 4.78 is 6.25. The molecule has 1 aliphatic carbocycles. The fraction of sp³-hybridized carbons (Fsp3) is 0.0556. The van der Waals surface area contributed by atoms with Gasteiger partial charge in [0.25, 0.3) is 0 Å². The van der Waals surface area contributed by atoms with E-state index in [1.807, 2.05) is 12.1 Å². The third kappa shape index (κ3) is 4.10. The molecule has 0 spiro atoms. The first-order valence-electron chi connectivity index (χ1n) is 13.2. The molecule has 0 atom stereocenters. The van der Waals surface area contributed by atoms with Gasteiger partial charge in [-0.05, 0) is 77.6 Å². The Balaban J connectivity index is 1.33. The van der Waals surface area contributed by atoms with Gasteiger partial charge in [-0.15, -0.1) is 0 Å². The van der Waals surface area contributed by atoms with E-state index in [4.69, 9.17) is 4.42 Å². The molecule has 2 heteroatoms. The van der Waals surface area contributed by atoms with Gasteiger partial charge in [0.2, 0.25) is 0 Å². The van der Waals surface area contributed by atoms with Crippen LogP contribution in [0, 0.1) is 0 Å². The van der Waals surface area contributed by atoms with Gasteiger partial charge < -0.3 is 9.32 Å². The van der Waals surface area contributed by atoms with Crippen molar-refractivity contribution in [3.63, 3.8) is 0 Å². The Kier molecular flexibility index (Phi) is 5.64. The second-order valence-corrected chi connectivity index (χ2v) is 9.71. The summed E-state index contributed by atoms with van der Waals surface area (Å²) in [5.41, 5.74) is 10.0. The number of hydrogen-bond donors (Lipinski definition) is 0. The highest BCUT2D eigenvalue weighted by molar-refractivity contribution is 6.06. The molecule has 38 heavy (non-hydrogen) atoms. The van der Waals surface area contributed by atoms with Gasteiger partial charge in [0.1, 0.15) is 11.2 Å². The van der Waals surface area contributed by atoms with Crippen LogP contribution in [-0.4, -0.2) is 0 Å². The molecule has 0 bridgehead atoms. The molecule has 0 saturated carbocycles. The van der Waals surface area contributed by atoms with E-state index in [0.29, 0.717) is 0 Å². The van der Waals surface area contributed by atoms with Crippen molar-refractivity contribution < 1.29 is 4.42 Å². The summed E-state index contributed by atoms with van der Waals surface area (Å²) in [4.78, 5) is 2.30. The van der Waals surface area contributed by atoms with Crippen LogP contribution in [0.2, 0.25) is 0 Å². The van der Waals surface area contributed by atoms with Crippen molar-refractivity contribution in [3.8, 4) is 11.1 Å². The second kappa shape index (κ2) is 9.57. The SMILES string of the molecule is C1=CC(c2ccc(N(c3ccc(-c4ccccc4)cc3)c3ccc4c(c3)oc3ccccc34)cc2)=CCC1. The largest absolute Gasteiger partial charge is 0.456 e. The molecule has 5 aromatic carbocycles. The third-order valence-corrected chi connectivity index (χ3v) is 7.31.